The third-order valence-electron chi connectivity index (χ3n) is 1.45. The normalized spacial score (nSPS) is 9.50. The summed E-state index contributed by atoms with van der Waals surface area (Å²) in [6, 6.07) is 8.23. The molecule has 0 spiro atoms. The standard InChI is InChI=1S/C8H10BrN/c1-7-5-3-4-6-8(7)10(2)9/h3-6H,1-2H3. The summed E-state index contributed by atoms with van der Waals surface area (Å²) < 4.78 is 1.93. The molecule has 0 aliphatic carbocycles. The molecule has 0 atom stereocenters. The van der Waals surface area contributed by atoms with E-state index in [-0.39, 0.29) is 0 Å². The van der Waals surface area contributed by atoms with Gasteiger partial charge in [-0.25, -0.2) is 0 Å². The molecule has 0 aromatic heterocycles. The molecule has 1 aromatic rings. The van der Waals surface area contributed by atoms with Crippen molar-refractivity contribution in [1.82, 2.24) is 0 Å². The summed E-state index contributed by atoms with van der Waals surface area (Å²) >= 11 is 3.37. The average molecular weight is 200 g/mol. The number of anilines is 1. The van der Waals surface area contributed by atoms with E-state index in [9.17, 15) is 0 Å². The first kappa shape index (κ1) is 7.61. The van der Waals surface area contributed by atoms with Crippen molar-refractivity contribution in [3.63, 3.8) is 0 Å². The molecule has 1 rings (SSSR count). The van der Waals surface area contributed by atoms with E-state index >= 15 is 0 Å². The lowest BCUT2D eigenvalue weighted by Crippen LogP contribution is -2.00. The van der Waals surface area contributed by atoms with Gasteiger partial charge in [0.1, 0.15) is 0 Å². The summed E-state index contributed by atoms with van der Waals surface area (Å²) in [5, 5.41) is 0. The van der Waals surface area contributed by atoms with Crippen LogP contribution in [0.15, 0.2) is 24.3 Å². The van der Waals surface area contributed by atoms with Crippen molar-refractivity contribution >= 4 is 21.8 Å². The molecule has 1 aromatic carbocycles. The molecule has 54 valence electrons. The maximum atomic E-state index is 3.37. The van der Waals surface area contributed by atoms with Crippen LogP contribution in [0.4, 0.5) is 5.69 Å². The van der Waals surface area contributed by atoms with E-state index in [1.54, 1.807) is 0 Å². The molecule has 0 saturated carbocycles. The number of nitrogens with zero attached hydrogens (tertiary/aromatic N) is 1. The fourth-order valence-corrected chi connectivity index (χ4v) is 1.31. The molecule has 0 aliphatic rings. The Morgan fingerprint density at radius 2 is 1.90 bits per heavy atom. The molecule has 1 nitrogen and oxygen atoms in total. The van der Waals surface area contributed by atoms with E-state index in [4.69, 9.17) is 0 Å². The summed E-state index contributed by atoms with van der Waals surface area (Å²) in [4.78, 5) is 0. The summed E-state index contributed by atoms with van der Waals surface area (Å²) in [5.74, 6) is 0. The molecule has 0 heterocycles. The van der Waals surface area contributed by atoms with Crippen LogP contribution >= 0.6 is 16.1 Å². The number of benzene rings is 1. The summed E-state index contributed by atoms with van der Waals surface area (Å²) in [5.41, 5.74) is 2.49. The number of aryl methyl sites for hydroxylation is 1. The third kappa shape index (κ3) is 1.51. The molecule has 0 aliphatic heterocycles. The molecule has 10 heavy (non-hydrogen) atoms. The first-order valence-electron chi connectivity index (χ1n) is 3.17. The highest BCUT2D eigenvalue weighted by atomic mass is 79.9. The predicted molar refractivity (Wildman–Crippen MR) is 48.5 cm³/mol. The molecular formula is C8H10BrN. The molecule has 0 N–H and O–H groups in total. The Bertz CT molecular complexity index is 220. The molecule has 0 fully saturated rings. The molecule has 0 bridgehead atoms. The summed E-state index contributed by atoms with van der Waals surface area (Å²) in [7, 11) is 1.97. The largest absolute Gasteiger partial charge is 0.312 e. The van der Waals surface area contributed by atoms with Crippen LogP contribution < -0.4 is 3.93 Å². The van der Waals surface area contributed by atoms with E-state index < -0.39 is 0 Å². The quantitative estimate of drug-likeness (QED) is 0.630. The summed E-state index contributed by atoms with van der Waals surface area (Å²) in [6.07, 6.45) is 0. The van der Waals surface area contributed by atoms with Crippen LogP contribution in [-0.4, -0.2) is 7.05 Å². The molecular weight excluding hydrogens is 190 g/mol. The SMILES string of the molecule is Cc1ccccc1N(C)Br. The van der Waals surface area contributed by atoms with Crippen molar-refractivity contribution in [2.45, 2.75) is 6.92 Å². The molecule has 0 unspecified atom stereocenters. The first-order chi connectivity index (χ1) is 4.72. The minimum absolute atomic E-state index is 1.21. The molecule has 2 heteroatoms. The minimum atomic E-state index is 1.21. The van der Waals surface area contributed by atoms with E-state index in [2.05, 4.69) is 35.2 Å². The Kier molecular flexibility index (Phi) is 2.33. The van der Waals surface area contributed by atoms with Crippen LogP contribution in [-0.2, 0) is 0 Å². The van der Waals surface area contributed by atoms with Crippen LogP contribution in [0.5, 0.6) is 0 Å². The second-order valence-electron chi connectivity index (χ2n) is 2.26. The van der Waals surface area contributed by atoms with Gasteiger partial charge in [-0.05, 0) is 18.6 Å². The number of hydrogen-bond acceptors (Lipinski definition) is 1. The van der Waals surface area contributed by atoms with Gasteiger partial charge < -0.3 is 3.93 Å². The van der Waals surface area contributed by atoms with Crippen molar-refractivity contribution < 1.29 is 0 Å². The van der Waals surface area contributed by atoms with E-state index in [0.29, 0.717) is 0 Å². The Balaban J connectivity index is 3.03. The van der Waals surface area contributed by atoms with Gasteiger partial charge in [0.2, 0.25) is 0 Å². The van der Waals surface area contributed by atoms with Crippen molar-refractivity contribution in [2.75, 3.05) is 11.0 Å². The van der Waals surface area contributed by atoms with Gasteiger partial charge in [0.15, 0.2) is 0 Å². The van der Waals surface area contributed by atoms with Gasteiger partial charge in [-0.15, -0.1) is 0 Å². The van der Waals surface area contributed by atoms with Gasteiger partial charge in [0, 0.05) is 28.9 Å². The van der Waals surface area contributed by atoms with Gasteiger partial charge >= 0.3 is 0 Å². The average Bonchev–Trinajstić information content (AvgIpc) is 1.88. The highest BCUT2D eigenvalue weighted by Gasteiger charge is 1.97. The van der Waals surface area contributed by atoms with Crippen LogP contribution in [0.1, 0.15) is 5.56 Å². The van der Waals surface area contributed by atoms with Crippen LogP contribution in [0, 0.1) is 6.92 Å². The lowest BCUT2D eigenvalue weighted by atomic mass is 10.2. The van der Waals surface area contributed by atoms with E-state index in [0.717, 1.165) is 0 Å². The molecule has 0 radical (unpaired) electrons. The number of hydrogen-bond donors (Lipinski definition) is 0. The maximum Gasteiger partial charge on any atom is 0.0496 e. The lowest BCUT2D eigenvalue weighted by Gasteiger charge is -2.11. The molecule has 0 saturated heterocycles. The van der Waals surface area contributed by atoms with Crippen molar-refractivity contribution in [1.29, 1.82) is 0 Å². The van der Waals surface area contributed by atoms with Crippen molar-refractivity contribution in [3.8, 4) is 0 Å². The molecule has 0 amide bonds. The number of halogens is 1. The smallest absolute Gasteiger partial charge is 0.0496 e. The van der Waals surface area contributed by atoms with E-state index in [1.165, 1.54) is 11.3 Å². The van der Waals surface area contributed by atoms with Gasteiger partial charge in [0.25, 0.3) is 0 Å². The fourth-order valence-electron chi connectivity index (χ4n) is 0.909. The van der Waals surface area contributed by atoms with Crippen LogP contribution in [0.2, 0.25) is 0 Å². The number of para-hydroxylation sites is 1. The zero-order chi connectivity index (χ0) is 7.56. The van der Waals surface area contributed by atoms with Crippen molar-refractivity contribution in [2.24, 2.45) is 0 Å². The Morgan fingerprint density at radius 1 is 1.30 bits per heavy atom. The topological polar surface area (TPSA) is 3.24 Å². The van der Waals surface area contributed by atoms with Gasteiger partial charge in [-0.2, -0.15) is 0 Å². The maximum absolute atomic E-state index is 3.37. The monoisotopic (exact) mass is 199 g/mol. The Morgan fingerprint density at radius 3 is 2.30 bits per heavy atom. The first-order valence-corrected chi connectivity index (χ1v) is 3.88. The van der Waals surface area contributed by atoms with Crippen molar-refractivity contribution in [3.05, 3.63) is 29.8 Å². The highest BCUT2D eigenvalue weighted by Crippen LogP contribution is 2.19. The second kappa shape index (κ2) is 3.06. The van der Waals surface area contributed by atoms with E-state index in [1.807, 2.05) is 23.1 Å². The highest BCUT2D eigenvalue weighted by molar-refractivity contribution is 9.10. The third-order valence-corrected chi connectivity index (χ3v) is 1.83. The lowest BCUT2D eigenvalue weighted by molar-refractivity contribution is 1.33. The second-order valence-corrected chi connectivity index (χ2v) is 3.33. The number of rotatable bonds is 1. The zero-order valence-electron chi connectivity index (χ0n) is 6.13. The predicted octanol–water partition coefficient (Wildman–Crippen LogP) is 2.74. The zero-order valence-corrected chi connectivity index (χ0v) is 7.72. The van der Waals surface area contributed by atoms with Gasteiger partial charge in [-0.1, -0.05) is 18.2 Å². The van der Waals surface area contributed by atoms with Crippen LogP contribution in [0.3, 0.4) is 0 Å². The van der Waals surface area contributed by atoms with Gasteiger partial charge in [0.05, 0.1) is 0 Å². The van der Waals surface area contributed by atoms with Gasteiger partial charge in [-0.3, -0.25) is 0 Å². The Hall–Kier alpha value is -0.500. The fraction of sp³-hybridized carbons (Fsp3) is 0.250. The Labute approximate surface area is 70.0 Å². The summed E-state index contributed by atoms with van der Waals surface area (Å²) in [6.45, 7) is 2.09. The van der Waals surface area contributed by atoms with Crippen LogP contribution in [0.25, 0.3) is 0 Å². The minimum Gasteiger partial charge on any atom is -0.312 e.